The highest BCUT2D eigenvalue weighted by molar-refractivity contribution is 5.99. The maximum Gasteiger partial charge on any atom is 0.312 e. The normalized spacial score (nSPS) is 37.3. The molecule has 4 rings (SSSR count). The first-order valence-electron chi connectivity index (χ1n) is 11.6. The second kappa shape index (κ2) is 8.30. The Bertz CT molecular complexity index is 846. The molecule has 4 heterocycles. The van der Waals surface area contributed by atoms with Gasteiger partial charge in [-0.2, -0.15) is 0 Å². The molecule has 32 heavy (non-hydrogen) atoms. The standard InChI is InChI=1S/C24H34N2O6/c1-15(14-27)26-19-21(29)25(23(2,3)4)12-9-11-24(19)18(20(26)28)17-16(32-24)10-7-5-6-8-13-31-22(17)30/h7,9-11,15-19,27H,5-6,8,12-14H2,1-4H3/b10-7-/t15-,16+,17-,18+,19?,24+/m1/s1. The van der Waals surface area contributed by atoms with Crippen LogP contribution < -0.4 is 0 Å². The number of ether oxygens (including phenoxy) is 2. The molecule has 8 heteroatoms. The average Bonchev–Trinajstić information content (AvgIpc) is 3.12. The van der Waals surface area contributed by atoms with Gasteiger partial charge in [0.05, 0.1) is 31.3 Å². The van der Waals surface area contributed by atoms with Gasteiger partial charge in [-0.3, -0.25) is 14.4 Å². The van der Waals surface area contributed by atoms with Gasteiger partial charge >= 0.3 is 5.97 Å². The van der Waals surface area contributed by atoms with E-state index in [0.717, 1.165) is 19.3 Å². The van der Waals surface area contributed by atoms with Crippen molar-refractivity contribution in [2.24, 2.45) is 11.8 Å². The van der Waals surface area contributed by atoms with Crippen molar-refractivity contribution in [2.75, 3.05) is 19.8 Å². The highest BCUT2D eigenvalue weighted by atomic mass is 16.6. The largest absolute Gasteiger partial charge is 0.465 e. The van der Waals surface area contributed by atoms with Crippen molar-refractivity contribution in [3.8, 4) is 0 Å². The smallest absolute Gasteiger partial charge is 0.312 e. The molecule has 0 aliphatic carbocycles. The highest BCUT2D eigenvalue weighted by Gasteiger charge is 2.72. The van der Waals surface area contributed by atoms with E-state index in [-0.39, 0.29) is 18.4 Å². The zero-order valence-corrected chi connectivity index (χ0v) is 19.3. The molecule has 0 saturated carbocycles. The molecule has 2 amide bonds. The van der Waals surface area contributed by atoms with E-state index in [1.54, 1.807) is 11.8 Å². The summed E-state index contributed by atoms with van der Waals surface area (Å²) in [6, 6.07) is -1.56. The molecule has 0 bridgehead atoms. The van der Waals surface area contributed by atoms with Crippen LogP contribution in [0.1, 0.15) is 47.0 Å². The molecule has 6 atom stereocenters. The number of esters is 1. The molecule has 176 valence electrons. The van der Waals surface area contributed by atoms with E-state index in [2.05, 4.69) is 0 Å². The van der Waals surface area contributed by atoms with Gasteiger partial charge in [0.25, 0.3) is 0 Å². The van der Waals surface area contributed by atoms with E-state index >= 15 is 0 Å². The molecule has 0 aromatic heterocycles. The van der Waals surface area contributed by atoms with Crippen LogP contribution >= 0.6 is 0 Å². The van der Waals surface area contributed by atoms with Crippen LogP contribution in [-0.4, -0.2) is 81.8 Å². The number of allylic oxidation sites excluding steroid dienone is 1. The Morgan fingerprint density at radius 1 is 1.19 bits per heavy atom. The molecule has 0 aromatic carbocycles. The third-order valence-electron chi connectivity index (χ3n) is 7.09. The van der Waals surface area contributed by atoms with E-state index in [1.807, 2.05) is 45.1 Å². The minimum absolute atomic E-state index is 0.236. The molecule has 4 aliphatic heterocycles. The Balaban J connectivity index is 1.85. The number of hydrogen-bond acceptors (Lipinski definition) is 6. The van der Waals surface area contributed by atoms with Crippen molar-refractivity contribution in [3.63, 3.8) is 0 Å². The number of nitrogens with zero attached hydrogens (tertiary/aromatic N) is 2. The molecule has 8 nitrogen and oxygen atoms in total. The van der Waals surface area contributed by atoms with Gasteiger partial charge in [-0.15, -0.1) is 0 Å². The summed E-state index contributed by atoms with van der Waals surface area (Å²) in [6.45, 7) is 7.93. The second-order valence-electron chi connectivity index (χ2n) is 10.2. The first-order valence-corrected chi connectivity index (χ1v) is 11.6. The number of carbonyl (C=O) groups excluding carboxylic acids is 3. The third kappa shape index (κ3) is 3.48. The van der Waals surface area contributed by atoms with Crippen LogP contribution in [0.25, 0.3) is 0 Å². The van der Waals surface area contributed by atoms with E-state index < -0.39 is 47.1 Å². The second-order valence-corrected chi connectivity index (χ2v) is 10.2. The molecule has 1 N–H and O–H groups in total. The fraction of sp³-hybridized carbons (Fsp3) is 0.708. The van der Waals surface area contributed by atoms with E-state index in [9.17, 15) is 19.5 Å². The Morgan fingerprint density at radius 3 is 2.62 bits per heavy atom. The van der Waals surface area contributed by atoms with Crippen molar-refractivity contribution < 1.29 is 29.0 Å². The van der Waals surface area contributed by atoms with Gasteiger partial charge in [-0.05, 0) is 47.0 Å². The molecular formula is C24H34N2O6. The van der Waals surface area contributed by atoms with E-state index in [0.29, 0.717) is 13.2 Å². The zero-order chi connectivity index (χ0) is 23.3. The summed E-state index contributed by atoms with van der Waals surface area (Å²) in [5.41, 5.74) is -1.76. The van der Waals surface area contributed by atoms with Crippen molar-refractivity contribution in [3.05, 3.63) is 24.3 Å². The maximum atomic E-state index is 13.9. The van der Waals surface area contributed by atoms with Crippen LogP contribution in [-0.2, 0) is 23.9 Å². The van der Waals surface area contributed by atoms with Crippen LogP contribution in [0.15, 0.2) is 24.3 Å². The topological polar surface area (TPSA) is 96.4 Å². The van der Waals surface area contributed by atoms with Crippen LogP contribution in [0.4, 0.5) is 0 Å². The Morgan fingerprint density at radius 2 is 1.94 bits per heavy atom. The summed E-state index contributed by atoms with van der Waals surface area (Å²) in [6.07, 6.45) is 9.35. The van der Waals surface area contributed by atoms with Gasteiger partial charge in [0.1, 0.15) is 17.6 Å². The average molecular weight is 447 g/mol. The van der Waals surface area contributed by atoms with Crippen molar-refractivity contribution in [1.82, 2.24) is 9.80 Å². The van der Waals surface area contributed by atoms with Crippen molar-refractivity contribution >= 4 is 17.8 Å². The first-order chi connectivity index (χ1) is 15.1. The maximum absolute atomic E-state index is 13.9. The lowest BCUT2D eigenvalue weighted by atomic mass is 9.77. The Kier molecular flexibility index (Phi) is 5.96. The molecule has 0 aromatic rings. The number of amides is 2. The predicted octanol–water partition coefficient (Wildman–Crippen LogP) is 1.43. The minimum atomic E-state index is -1.29. The summed E-state index contributed by atoms with van der Waals surface area (Å²) in [7, 11) is 0. The lowest BCUT2D eigenvalue weighted by Crippen LogP contribution is -2.60. The van der Waals surface area contributed by atoms with Gasteiger partial charge in [0, 0.05) is 12.1 Å². The number of fused-ring (bicyclic) bond motifs is 2. The quantitative estimate of drug-likeness (QED) is 0.509. The third-order valence-corrected chi connectivity index (χ3v) is 7.09. The summed E-state index contributed by atoms with van der Waals surface area (Å²) in [4.78, 5) is 44.0. The number of hydrogen-bond donors (Lipinski definition) is 1. The molecule has 4 aliphatic rings. The number of likely N-dealkylation sites (tertiary alicyclic amines) is 1. The van der Waals surface area contributed by atoms with Gasteiger partial charge < -0.3 is 24.4 Å². The number of rotatable bonds is 2. The van der Waals surface area contributed by atoms with Gasteiger partial charge in [-0.1, -0.05) is 24.3 Å². The summed E-state index contributed by atoms with van der Waals surface area (Å²) < 4.78 is 12.1. The fourth-order valence-electron chi connectivity index (χ4n) is 5.52. The van der Waals surface area contributed by atoms with Gasteiger partial charge in [0.15, 0.2) is 0 Å². The zero-order valence-electron chi connectivity index (χ0n) is 19.3. The van der Waals surface area contributed by atoms with Crippen molar-refractivity contribution in [2.45, 2.75) is 76.3 Å². The SMILES string of the molecule is C[C@H](CO)N1C(=O)[C@@H]2[C@@H]3C(=O)OCCCC/C=C\[C@@H]3O[C@@]23C=CCN(C(C)(C)C)C(=O)C13. The van der Waals surface area contributed by atoms with Gasteiger partial charge in [0.2, 0.25) is 11.8 Å². The monoisotopic (exact) mass is 446 g/mol. The number of aliphatic hydroxyl groups excluding tert-OH is 1. The number of cyclic esters (lactones) is 1. The van der Waals surface area contributed by atoms with E-state index in [4.69, 9.17) is 9.47 Å². The minimum Gasteiger partial charge on any atom is -0.465 e. The lowest BCUT2D eigenvalue weighted by molar-refractivity contribution is -0.157. The number of aliphatic hydroxyl groups is 1. The first kappa shape index (κ1) is 23.0. The molecule has 2 fully saturated rings. The molecule has 0 radical (unpaired) electrons. The Hall–Kier alpha value is -2.19. The van der Waals surface area contributed by atoms with Crippen LogP contribution in [0, 0.1) is 11.8 Å². The predicted molar refractivity (Wildman–Crippen MR) is 116 cm³/mol. The summed E-state index contributed by atoms with van der Waals surface area (Å²) in [5.74, 6) is -2.77. The highest BCUT2D eigenvalue weighted by Crippen LogP contribution is 2.53. The van der Waals surface area contributed by atoms with Crippen LogP contribution in [0.5, 0.6) is 0 Å². The molecule has 1 unspecified atom stereocenters. The van der Waals surface area contributed by atoms with Crippen LogP contribution in [0.3, 0.4) is 0 Å². The number of carbonyl (C=O) groups is 3. The van der Waals surface area contributed by atoms with Crippen LogP contribution in [0.2, 0.25) is 0 Å². The lowest BCUT2D eigenvalue weighted by Gasteiger charge is -2.41. The summed E-state index contributed by atoms with van der Waals surface area (Å²) >= 11 is 0. The summed E-state index contributed by atoms with van der Waals surface area (Å²) in [5, 5.41) is 9.90. The molecule has 2 saturated heterocycles. The molecular weight excluding hydrogens is 412 g/mol. The molecule has 1 spiro atoms. The van der Waals surface area contributed by atoms with E-state index in [1.165, 1.54) is 4.90 Å². The van der Waals surface area contributed by atoms with Gasteiger partial charge in [-0.25, -0.2) is 0 Å². The Labute approximate surface area is 189 Å². The fourth-order valence-corrected chi connectivity index (χ4v) is 5.52. The van der Waals surface area contributed by atoms with Crippen molar-refractivity contribution in [1.29, 1.82) is 0 Å².